The van der Waals surface area contributed by atoms with E-state index in [0.717, 1.165) is 19.3 Å². The van der Waals surface area contributed by atoms with Crippen LogP contribution in [0.3, 0.4) is 0 Å². The summed E-state index contributed by atoms with van der Waals surface area (Å²) < 4.78 is 10.7. The van der Waals surface area contributed by atoms with Crippen molar-refractivity contribution in [1.82, 2.24) is 5.32 Å². The van der Waals surface area contributed by atoms with E-state index in [9.17, 15) is 14.4 Å². The number of esters is 2. The Morgan fingerprint density at radius 3 is 2.08 bits per heavy atom. The fraction of sp³-hybridized carbons (Fsp3) is 0.850. The lowest BCUT2D eigenvalue weighted by molar-refractivity contribution is -0.144. The highest BCUT2D eigenvalue weighted by Gasteiger charge is 2.55. The third-order valence-electron chi connectivity index (χ3n) is 6.23. The second-order valence-electron chi connectivity index (χ2n) is 8.19. The first kappa shape index (κ1) is 20.7. The molecule has 6 heteroatoms. The molecule has 0 saturated heterocycles. The maximum absolute atomic E-state index is 12.0. The van der Waals surface area contributed by atoms with Crippen molar-refractivity contribution in [2.75, 3.05) is 13.2 Å². The molecule has 26 heavy (non-hydrogen) atoms. The van der Waals surface area contributed by atoms with E-state index < -0.39 is 5.54 Å². The van der Waals surface area contributed by atoms with Crippen LogP contribution in [0.25, 0.3) is 0 Å². The molecular formula is C20H33NO5. The van der Waals surface area contributed by atoms with Gasteiger partial charge in [-0.05, 0) is 31.1 Å². The first-order valence-corrected chi connectivity index (χ1v) is 9.79. The predicted octanol–water partition coefficient (Wildman–Crippen LogP) is 2.84. The monoisotopic (exact) mass is 367 g/mol. The van der Waals surface area contributed by atoms with E-state index in [4.69, 9.17) is 9.47 Å². The van der Waals surface area contributed by atoms with Gasteiger partial charge in [-0.2, -0.15) is 0 Å². The molecule has 6 nitrogen and oxygen atoms in total. The maximum Gasteiger partial charge on any atom is 0.302 e. The van der Waals surface area contributed by atoms with Crippen LogP contribution in [0.15, 0.2) is 0 Å². The van der Waals surface area contributed by atoms with Crippen LogP contribution in [0.5, 0.6) is 0 Å². The lowest BCUT2D eigenvalue weighted by Crippen LogP contribution is -2.56. The Balaban J connectivity index is 2.29. The standard InChI is InChI=1S/C20H33NO5/c1-13(22)21-20(4)18(12-26-15(3)24)10-17(11-25-14(2)23)19(20)16-8-6-5-7-9-16/h16-19H,5-12H2,1-4H3,(H,21,22)/t17-,18+,19-,20-/m1/s1. The number of hydrogen-bond acceptors (Lipinski definition) is 5. The van der Waals surface area contributed by atoms with Crippen LogP contribution in [-0.4, -0.2) is 36.6 Å². The molecule has 1 N–H and O–H groups in total. The summed E-state index contributed by atoms with van der Waals surface area (Å²) in [4.78, 5) is 34.7. The fourth-order valence-corrected chi connectivity index (χ4v) is 5.31. The highest BCUT2D eigenvalue weighted by Crippen LogP contribution is 2.51. The van der Waals surface area contributed by atoms with Crippen LogP contribution in [-0.2, 0) is 23.9 Å². The van der Waals surface area contributed by atoms with Crippen molar-refractivity contribution in [2.24, 2.45) is 23.7 Å². The molecule has 0 radical (unpaired) electrons. The number of amides is 1. The van der Waals surface area contributed by atoms with Crippen LogP contribution in [0, 0.1) is 23.7 Å². The maximum atomic E-state index is 12.0. The smallest absolute Gasteiger partial charge is 0.302 e. The van der Waals surface area contributed by atoms with Gasteiger partial charge in [0.2, 0.25) is 5.91 Å². The predicted molar refractivity (Wildman–Crippen MR) is 97.1 cm³/mol. The van der Waals surface area contributed by atoms with Gasteiger partial charge in [0.1, 0.15) is 0 Å². The molecule has 4 atom stereocenters. The average Bonchev–Trinajstić information content (AvgIpc) is 2.82. The van der Waals surface area contributed by atoms with Crippen LogP contribution in [0.1, 0.15) is 66.2 Å². The van der Waals surface area contributed by atoms with Gasteiger partial charge in [0.25, 0.3) is 0 Å². The van der Waals surface area contributed by atoms with Crippen molar-refractivity contribution in [2.45, 2.75) is 71.8 Å². The van der Waals surface area contributed by atoms with Crippen molar-refractivity contribution in [3.63, 3.8) is 0 Å². The quantitative estimate of drug-likeness (QED) is 0.730. The van der Waals surface area contributed by atoms with E-state index in [1.807, 2.05) is 0 Å². The van der Waals surface area contributed by atoms with Gasteiger partial charge in [-0.3, -0.25) is 14.4 Å². The van der Waals surface area contributed by atoms with Crippen LogP contribution in [0.2, 0.25) is 0 Å². The minimum Gasteiger partial charge on any atom is -0.466 e. The van der Waals surface area contributed by atoms with E-state index in [1.165, 1.54) is 40.0 Å². The van der Waals surface area contributed by atoms with Crippen LogP contribution >= 0.6 is 0 Å². The normalized spacial score (nSPS) is 32.1. The summed E-state index contributed by atoms with van der Waals surface area (Å²) in [6.45, 7) is 7.09. The van der Waals surface area contributed by atoms with Gasteiger partial charge in [-0.25, -0.2) is 0 Å². The van der Waals surface area contributed by atoms with E-state index in [0.29, 0.717) is 12.5 Å². The minimum absolute atomic E-state index is 0.0165. The van der Waals surface area contributed by atoms with Crippen molar-refractivity contribution < 1.29 is 23.9 Å². The molecule has 2 rings (SSSR count). The van der Waals surface area contributed by atoms with Gasteiger partial charge in [0.15, 0.2) is 0 Å². The molecule has 0 unspecified atom stereocenters. The van der Waals surface area contributed by atoms with E-state index in [1.54, 1.807) is 0 Å². The van der Waals surface area contributed by atoms with E-state index >= 15 is 0 Å². The highest BCUT2D eigenvalue weighted by atomic mass is 16.5. The minimum atomic E-state index is -0.464. The lowest BCUT2D eigenvalue weighted by Gasteiger charge is -2.43. The first-order valence-electron chi connectivity index (χ1n) is 9.79. The van der Waals surface area contributed by atoms with Gasteiger partial charge in [-0.15, -0.1) is 0 Å². The summed E-state index contributed by atoms with van der Waals surface area (Å²) in [5, 5.41) is 3.19. The van der Waals surface area contributed by atoms with Gasteiger partial charge < -0.3 is 14.8 Å². The molecule has 148 valence electrons. The number of carbonyl (C=O) groups is 3. The summed E-state index contributed by atoms with van der Waals surface area (Å²) in [6, 6.07) is 0. The molecule has 2 saturated carbocycles. The number of ether oxygens (including phenoxy) is 2. The molecule has 1 amide bonds. The average molecular weight is 367 g/mol. The summed E-state index contributed by atoms with van der Waals surface area (Å²) in [6.07, 6.45) is 6.70. The topological polar surface area (TPSA) is 81.7 Å². The molecule has 0 heterocycles. The molecule has 2 fully saturated rings. The number of rotatable bonds is 6. The fourth-order valence-electron chi connectivity index (χ4n) is 5.31. The summed E-state index contributed by atoms with van der Waals surface area (Å²) >= 11 is 0. The zero-order chi connectivity index (χ0) is 19.3. The van der Waals surface area contributed by atoms with Crippen molar-refractivity contribution >= 4 is 17.8 Å². The molecule has 2 aliphatic carbocycles. The molecule has 0 aromatic rings. The van der Waals surface area contributed by atoms with Gasteiger partial charge in [0.05, 0.1) is 13.2 Å². The second kappa shape index (κ2) is 8.87. The van der Waals surface area contributed by atoms with E-state index in [2.05, 4.69) is 12.2 Å². The molecular weight excluding hydrogens is 334 g/mol. The molecule has 2 aliphatic rings. The summed E-state index contributed by atoms with van der Waals surface area (Å²) in [5.41, 5.74) is -0.464. The van der Waals surface area contributed by atoms with Gasteiger partial charge in [0, 0.05) is 32.2 Å². The number of carbonyl (C=O) groups excluding carboxylic acids is 3. The molecule has 0 spiro atoms. The molecule has 0 aromatic heterocycles. The van der Waals surface area contributed by atoms with Crippen molar-refractivity contribution in [3.05, 3.63) is 0 Å². The highest BCUT2D eigenvalue weighted by molar-refractivity contribution is 5.74. The summed E-state index contributed by atoms with van der Waals surface area (Å²) in [5.74, 6) is 0.219. The Hall–Kier alpha value is -1.59. The van der Waals surface area contributed by atoms with Crippen LogP contribution < -0.4 is 5.32 Å². The number of nitrogens with one attached hydrogen (secondary N) is 1. The molecule has 0 bridgehead atoms. The van der Waals surface area contributed by atoms with Crippen molar-refractivity contribution in [1.29, 1.82) is 0 Å². The second-order valence-corrected chi connectivity index (χ2v) is 8.19. The zero-order valence-electron chi connectivity index (χ0n) is 16.5. The largest absolute Gasteiger partial charge is 0.466 e. The zero-order valence-corrected chi connectivity index (χ0v) is 16.5. The Labute approximate surface area is 156 Å². The van der Waals surface area contributed by atoms with E-state index in [-0.39, 0.29) is 42.2 Å². The lowest BCUT2D eigenvalue weighted by atomic mass is 9.68. The van der Waals surface area contributed by atoms with Gasteiger partial charge >= 0.3 is 11.9 Å². The Kier molecular flexibility index (Phi) is 7.07. The third-order valence-corrected chi connectivity index (χ3v) is 6.23. The first-order chi connectivity index (χ1) is 12.2. The Morgan fingerprint density at radius 2 is 1.54 bits per heavy atom. The van der Waals surface area contributed by atoms with Crippen molar-refractivity contribution in [3.8, 4) is 0 Å². The Morgan fingerprint density at radius 1 is 0.962 bits per heavy atom. The molecule has 0 aliphatic heterocycles. The van der Waals surface area contributed by atoms with Gasteiger partial charge in [-0.1, -0.05) is 32.1 Å². The SMILES string of the molecule is CC(=O)N[C@]1(C)[C@H](COC(C)=O)C[C@H](COC(C)=O)[C@H]1C1CCCCC1. The van der Waals surface area contributed by atoms with Crippen LogP contribution in [0.4, 0.5) is 0 Å². The third kappa shape index (κ3) is 4.98. The number of hydrogen-bond donors (Lipinski definition) is 1. The summed E-state index contributed by atoms with van der Waals surface area (Å²) in [7, 11) is 0. The Bertz CT molecular complexity index is 528. The molecule has 0 aromatic carbocycles.